The molecule has 31 heavy (non-hydrogen) atoms. The molecule has 0 saturated heterocycles. The summed E-state index contributed by atoms with van der Waals surface area (Å²) in [5.74, 6) is 1.83. The van der Waals surface area contributed by atoms with Crippen molar-refractivity contribution in [2.45, 2.75) is 38.5 Å². The number of fused-ring (bicyclic) bond motifs is 1. The molecule has 3 aromatic heterocycles. The van der Waals surface area contributed by atoms with Crippen molar-refractivity contribution >= 4 is 16.7 Å². The Kier molecular flexibility index (Phi) is 5.19. The van der Waals surface area contributed by atoms with Gasteiger partial charge in [0.2, 0.25) is 11.7 Å². The predicted molar refractivity (Wildman–Crippen MR) is 113 cm³/mol. The third kappa shape index (κ3) is 4.05. The van der Waals surface area contributed by atoms with E-state index in [-0.39, 0.29) is 17.6 Å². The van der Waals surface area contributed by atoms with Crippen molar-refractivity contribution in [3.05, 3.63) is 59.9 Å². The molecule has 1 amide bonds. The Balaban J connectivity index is 1.20. The summed E-state index contributed by atoms with van der Waals surface area (Å²) in [4.78, 5) is 16.6. The van der Waals surface area contributed by atoms with Gasteiger partial charge in [0.15, 0.2) is 0 Å². The summed E-state index contributed by atoms with van der Waals surface area (Å²) in [6, 6.07) is 11.7. The van der Waals surface area contributed by atoms with Crippen LogP contribution in [0.5, 0.6) is 0 Å². The van der Waals surface area contributed by atoms with Gasteiger partial charge in [-0.15, -0.1) is 10.2 Å². The molecular formula is C23H23N5O3. The van der Waals surface area contributed by atoms with E-state index in [4.69, 9.17) is 8.94 Å². The van der Waals surface area contributed by atoms with Crippen LogP contribution in [0.2, 0.25) is 0 Å². The fourth-order valence-corrected chi connectivity index (χ4v) is 4.19. The molecule has 5 rings (SSSR count). The lowest BCUT2D eigenvalue weighted by Gasteiger charge is -2.26. The molecule has 0 bridgehead atoms. The molecule has 3 heterocycles. The van der Waals surface area contributed by atoms with Gasteiger partial charge in [0.05, 0.1) is 5.69 Å². The predicted octanol–water partition coefficient (Wildman–Crippen LogP) is 4.29. The summed E-state index contributed by atoms with van der Waals surface area (Å²) in [6.45, 7) is 2.42. The largest absolute Gasteiger partial charge is 0.419 e. The second-order valence-electron chi connectivity index (χ2n) is 8.09. The molecule has 1 aliphatic rings. The van der Waals surface area contributed by atoms with Crippen molar-refractivity contribution in [3.8, 4) is 11.6 Å². The highest BCUT2D eigenvalue weighted by atomic mass is 16.5. The first-order valence-electron chi connectivity index (χ1n) is 10.6. The fourth-order valence-electron chi connectivity index (χ4n) is 4.19. The molecule has 1 saturated carbocycles. The Morgan fingerprint density at radius 1 is 1.13 bits per heavy atom. The number of hydrogen-bond donors (Lipinski definition) is 1. The second-order valence-corrected chi connectivity index (χ2v) is 8.09. The van der Waals surface area contributed by atoms with Crippen LogP contribution in [0, 0.1) is 12.8 Å². The molecule has 0 atom stereocenters. The molecule has 1 aromatic carbocycles. The first kappa shape index (κ1) is 19.4. The van der Waals surface area contributed by atoms with Crippen molar-refractivity contribution in [2.24, 2.45) is 5.92 Å². The van der Waals surface area contributed by atoms with Crippen molar-refractivity contribution in [2.75, 3.05) is 6.54 Å². The molecule has 0 radical (unpaired) electrons. The summed E-state index contributed by atoms with van der Waals surface area (Å²) in [5.41, 5.74) is 1.42. The van der Waals surface area contributed by atoms with E-state index < -0.39 is 0 Å². The van der Waals surface area contributed by atoms with Gasteiger partial charge in [-0.1, -0.05) is 29.4 Å². The maximum absolute atomic E-state index is 12.1. The Morgan fingerprint density at radius 3 is 2.77 bits per heavy atom. The van der Waals surface area contributed by atoms with Crippen LogP contribution in [0.4, 0.5) is 0 Å². The van der Waals surface area contributed by atoms with Gasteiger partial charge in [0.1, 0.15) is 5.69 Å². The average Bonchev–Trinajstić information content (AvgIpc) is 3.47. The van der Waals surface area contributed by atoms with E-state index in [1.54, 1.807) is 19.2 Å². The molecule has 0 spiro atoms. The van der Waals surface area contributed by atoms with Gasteiger partial charge in [-0.2, -0.15) is 0 Å². The summed E-state index contributed by atoms with van der Waals surface area (Å²) >= 11 is 0. The number of aryl methyl sites for hydroxylation is 1. The number of nitrogens with one attached hydrogen (secondary N) is 1. The quantitative estimate of drug-likeness (QED) is 0.516. The highest BCUT2D eigenvalue weighted by molar-refractivity contribution is 5.92. The number of amides is 1. The normalized spacial score (nSPS) is 18.9. The fraction of sp³-hybridized carbons (Fsp3) is 0.348. The number of carbonyl (C=O) groups is 1. The molecule has 1 N–H and O–H groups in total. The van der Waals surface area contributed by atoms with Gasteiger partial charge >= 0.3 is 0 Å². The lowest BCUT2D eigenvalue weighted by molar-refractivity contribution is 0.0905. The molecule has 0 aliphatic heterocycles. The molecule has 1 fully saturated rings. The van der Waals surface area contributed by atoms with E-state index in [1.165, 1.54) is 0 Å². The molecule has 158 valence electrons. The zero-order valence-electron chi connectivity index (χ0n) is 17.2. The van der Waals surface area contributed by atoms with Crippen LogP contribution in [0.25, 0.3) is 22.4 Å². The first-order chi connectivity index (χ1) is 15.2. The van der Waals surface area contributed by atoms with Gasteiger partial charge in [0.25, 0.3) is 11.8 Å². The van der Waals surface area contributed by atoms with Gasteiger partial charge < -0.3 is 14.3 Å². The topological polar surface area (TPSA) is 107 Å². The Hall–Kier alpha value is -3.55. The standard InChI is InChI=1S/C23H23N5O3/c1-14-12-19(31-28-14)21(29)25-13-15-6-8-17(9-7-15)22-26-27-23(30-22)20-18-5-3-2-4-16(18)10-11-24-20/h2-5,10-12,15,17H,6-9,13H2,1H3,(H,25,29). The lowest BCUT2D eigenvalue weighted by Crippen LogP contribution is -2.30. The van der Waals surface area contributed by atoms with Crippen LogP contribution in [0.1, 0.15) is 53.7 Å². The van der Waals surface area contributed by atoms with E-state index in [1.807, 2.05) is 30.3 Å². The van der Waals surface area contributed by atoms with E-state index >= 15 is 0 Å². The SMILES string of the molecule is Cc1cc(C(=O)NCC2CCC(c3nnc(-c4nccc5ccccc45)o3)CC2)on1. The summed E-state index contributed by atoms with van der Waals surface area (Å²) in [6.07, 6.45) is 5.65. The van der Waals surface area contributed by atoms with Crippen LogP contribution in [-0.4, -0.2) is 32.8 Å². The minimum Gasteiger partial charge on any atom is -0.419 e. The number of nitrogens with zero attached hydrogens (tertiary/aromatic N) is 4. The molecule has 1 aliphatic carbocycles. The van der Waals surface area contributed by atoms with Crippen molar-refractivity contribution < 1.29 is 13.7 Å². The van der Waals surface area contributed by atoms with E-state index in [9.17, 15) is 4.79 Å². The van der Waals surface area contributed by atoms with Gasteiger partial charge in [-0.3, -0.25) is 9.78 Å². The van der Waals surface area contributed by atoms with Crippen LogP contribution in [0.3, 0.4) is 0 Å². The van der Waals surface area contributed by atoms with Crippen LogP contribution >= 0.6 is 0 Å². The maximum Gasteiger partial charge on any atom is 0.289 e. The lowest BCUT2D eigenvalue weighted by atomic mass is 9.82. The third-order valence-corrected chi connectivity index (χ3v) is 5.92. The first-order valence-corrected chi connectivity index (χ1v) is 10.6. The smallest absolute Gasteiger partial charge is 0.289 e. The number of pyridine rings is 1. The summed E-state index contributed by atoms with van der Waals surface area (Å²) in [7, 11) is 0. The Labute approximate surface area is 179 Å². The van der Waals surface area contributed by atoms with E-state index in [2.05, 4.69) is 25.7 Å². The van der Waals surface area contributed by atoms with Crippen LogP contribution in [-0.2, 0) is 0 Å². The highest BCUT2D eigenvalue weighted by Gasteiger charge is 2.27. The highest BCUT2D eigenvalue weighted by Crippen LogP contribution is 2.36. The maximum atomic E-state index is 12.1. The molecule has 8 heteroatoms. The number of hydrogen-bond acceptors (Lipinski definition) is 7. The summed E-state index contributed by atoms with van der Waals surface area (Å²) < 4.78 is 11.0. The van der Waals surface area contributed by atoms with Gasteiger partial charge in [0, 0.05) is 30.1 Å². The minimum atomic E-state index is -0.216. The third-order valence-electron chi connectivity index (χ3n) is 5.92. The van der Waals surface area contributed by atoms with E-state index in [0.717, 1.165) is 42.1 Å². The summed E-state index contributed by atoms with van der Waals surface area (Å²) in [5, 5.41) is 17.4. The zero-order valence-corrected chi connectivity index (χ0v) is 17.2. The monoisotopic (exact) mass is 417 g/mol. The van der Waals surface area contributed by atoms with E-state index in [0.29, 0.717) is 29.9 Å². The zero-order chi connectivity index (χ0) is 21.2. The number of benzene rings is 1. The number of rotatable bonds is 5. The second kappa shape index (κ2) is 8.29. The van der Waals surface area contributed by atoms with Crippen molar-refractivity contribution in [1.29, 1.82) is 0 Å². The molecular weight excluding hydrogens is 394 g/mol. The average molecular weight is 417 g/mol. The minimum absolute atomic E-state index is 0.216. The van der Waals surface area contributed by atoms with Crippen molar-refractivity contribution in [3.63, 3.8) is 0 Å². The van der Waals surface area contributed by atoms with Crippen molar-refractivity contribution in [1.82, 2.24) is 25.7 Å². The van der Waals surface area contributed by atoms with Crippen LogP contribution in [0.15, 0.2) is 51.5 Å². The molecule has 4 aromatic rings. The Bertz CT molecular complexity index is 1200. The van der Waals surface area contributed by atoms with Gasteiger partial charge in [-0.05, 0) is 50.0 Å². The van der Waals surface area contributed by atoms with Gasteiger partial charge in [-0.25, -0.2) is 0 Å². The Morgan fingerprint density at radius 2 is 1.97 bits per heavy atom. The number of aromatic nitrogens is 4. The molecule has 0 unspecified atom stereocenters. The molecule has 8 nitrogen and oxygen atoms in total. The van der Waals surface area contributed by atoms with Crippen LogP contribution < -0.4 is 5.32 Å². The number of carbonyl (C=O) groups excluding carboxylic acids is 1.